The monoisotopic (exact) mass is 291 g/mol. The fourth-order valence-corrected chi connectivity index (χ4v) is 3.29. The second-order valence-corrected chi connectivity index (χ2v) is 6.54. The average molecular weight is 291 g/mol. The number of phenols is 1. The number of hydrogen-bond acceptors (Lipinski definition) is 4. The molecule has 0 radical (unpaired) electrons. The molecule has 0 saturated heterocycles. The van der Waals surface area contributed by atoms with Crippen molar-refractivity contribution in [2.24, 2.45) is 5.73 Å². The maximum Gasteiger partial charge on any atom is 0.206 e. The van der Waals surface area contributed by atoms with Gasteiger partial charge in [-0.25, -0.2) is 8.42 Å². The summed E-state index contributed by atoms with van der Waals surface area (Å²) < 4.78 is 25.0. The molecule has 0 aliphatic carbocycles. The second-order valence-electron chi connectivity index (χ2n) is 4.59. The minimum Gasteiger partial charge on any atom is -0.508 e. The van der Waals surface area contributed by atoms with Gasteiger partial charge in [-0.2, -0.15) is 0 Å². The third kappa shape index (κ3) is 2.84. The van der Waals surface area contributed by atoms with Crippen LogP contribution in [0.3, 0.4) is 0 Å². The van der Waals surface area contributed by atoms with E-state index < -0.39 is 9.84 Å². The first kappa shape index (κ1) is 14.6. The summed E-state index contributed by atoms with van der Waals surface area (Å²) in [6.45, 7) is 1.95. The summed E-state index contributed by atoms with van der Waals surface area (Å²) in [5, 5.41) is 9.42. The van der Waals surface area contributed by atoms with Crippen molar-refractivity contribution in [1.82, 2.24) is 0 Å². The highest BCUT2D eigenvalue weighted by Crippen LogP contribution is 2.25. The Labute approximate surface area is 118 Å². The smallest absolute Gasteiger partial charge is 0.206 e. The first-order valence-electron chi connectivity index (χ1n) is 6.35. The molecule has 2 aromatic carbocycles. The molecule has 0 spiro atoms. The molecule has 106 valence electrons. The van der Waals surface area contributed by atoms with Crippen molar-refractivity contribution >= 4 is 9.84 Å². The molecule has 0 bridgehead atoms. The maximum absolute atomic E-state index is 12.5. The summed E-state index contributed by atoms with van der Waals surface area (Å²) in [5.41, 5.74) is 6.72. The summed E-state index contributed by atoms with van der Waals surface area (Å²) in [6.07, 6.45) is 0.732. The van der Waals surface area contributed by atoms with Crippen LogP contribution in [-0.2, 0) is 9.84 Å². The third-order valence-electron chi connectivity index (χ3n) is 3.16. The molecule has 4 nitrogen and oxygen atoms in total. The molecule has 2 aromatic rings. The number of aromatic hydroxyl groups is 1. The maximum atomic E-state index is 12.5. The zero-order valence-corrected chi connectivity index (χ0v) is 12.0. The molecule has 0 aliphatic rings. The topological polar surface area (TPSA) is 80.4 Å². The van der Waals surface area contributed by atoms with Gasteiger partial charge in [0.15, 0.2) is 0 Å². The molecule has 0 fully saturated rings. The summed E-state index contributed by atoms with van der Waals surface area (Å²) in [5.74, 6) is -0.0764. The lowest BCUT2D eigenvalue weighted by Crippen LogP contribution is -2.10. The van der Waals surface area contributed by atoms with E-state index in [0.717, 1.165) is 12.0 Å². The standard InChI is InChI=1S/C15H17NO3S/c1-2-15(16)11-5-3-7-13(9-11)20(18,19)14-8-4-6-12(17)10-14/h3-10,15,17H,2,16H2,1H3/t15-/m0/s1. The number of phenolic OH excluding ortho intramolecular Hbond substituents is 1. The van der Waals surface area contributed by atoms with E-state index in [2.05, 4.69) is 0 Å². The van der Waals surface area contributed by atoms with Gasteiger partial charge in [0.25, 0.3) is 0 Å². The van der Waals surface area contributed by atoms with E-state index >= 15 is 0 Å². The summed E-state index contributed by atoms with van der Waals surface area (Å²) in [4.78, 5) is 0.254. The van der Waals surface area contributed by atoms with Crippen LogP contribution in [-0.4, -0.2) is 13.5 Å². The van der Waals surface area contributed by atoms with E-state index in [9.17, 15) is 13.5 Å². The van der Waals surface area contributed by atoms with Gasteiger partial charge < -0.3 is 10.8 Å². The normalized spacial score (nSPS) is 13.1. The van der Waals surface area contributed by atoms with E-state index in [4.69, 9.17) is 5.73 Å². The molecule has 1 atom stereocenters. The van der Waals surface area contributed by atoms with Crippen molar-refractivity contribution in [2.75, 3.05) is 0 Å². The molecule has 0 amide bonds. The van der Waals surface area contributed by atoms with Crippen LogP contribution in [0.4, 0.5) is 0 Å². The van der Waals surface area contributed by atoms with Gasteiger partial charge >= 0.3 is 0 Å². The summed E-state index contributed by atoms with van der Waals surface area (Å²) >= 11 is 0. The molecule has 0 unspecified atom stereocenters. The lowest BCUT2D eigenvalue weighted by molar-refractivity contribution is 0.473. The SMILES string of the molecule is CC[C@H](N)c1cccc(S(=O)(=O)c2cccc(O)c2)c1. The Morgan fingerprint density at radius 1 is 1.10 bits per heavy atom. The van der Waals surface area contributed by atoms with Crippen LogP contribution >= 0.6 is 0 Å². The van der Waals surface area contributed by atoms with Crippen LogP contribution in [0.15, 0.2) is 58.3 Å². The van der Waals surface area contributed by atoms with Gasteiger partial charge in [0.2, 0.25) is 9.84 Å². The van der Waals surface area contributed by atoms with Crippen molar-refractivity contribution in [2.45, 2.75) is 29.2 Å². The lowest BCUT2D eigenvalue weighted by atomic mass is 10.1. The second kappa shape index (κ2) is 5.64. The first-order valence-corrected chi connectivity index (χ1v) is 7.83. The van der Waals surface area contributed by atoms with E-state index in [1.54, 1.807) is 12.1 Å². The number of nitrogens with two attached hydrogens (primary N) is 1. The van der Waals surface area contributed by atoms with Crippen molar-refractivity contribution < 1.29 is 13.5 Å². The van der Waals surface area contributed by atoms with Crippen LogP contribution in [0.25, 0.3) is 0 Å². The molecule has 5 heteroatoms. The number of hydrogen-bond donors (Lipinski definition) is 2. The van der Waals surface area contributed by atoms with Gasteiger partial charge in [-0.05, 0) is 42.3 Å². The Bertz CT molecular complexity index is 711. The van der Waals surface area contributed by atoms with Gasteiger partial charge in [0, 0.05) is 6.04 Å². The predicted octanol–water partition coefficient (Wildman–Crippen LogP) is 2.63. The Kier molecular flexibility index (Phi) is 4.11. The quantitative estimate of drug-likeness (QED) is 0.907. The number of benzene rings is 2. The molecule has 0 aromatic heterocycles. The molecule has 20 heavy (non-hydrogen) atoms. The minimum absolute atomic E-state index is 0.0692. The fourth-order valence-electron chi connectivity index (χ4n) is 1.93. The lowest BCUT2D eigenvalue weighted by Gasteiger charge is -2.11. The van der Waals surface area contributed by atoms with E-state index in [1.165, 1.54) is 30.3 Å². The van der Waals surface area contributed by atoms with Gasteiger partial charge in [0.05, 0.1) is 9.79 Å². The molecule has 3 N–H and O–H groups in total. The van der Waals surface area contributed by atoms with Gasteiger partial charge in [-0.15, -0.1) is 0 Å². The average Bonchev–Trinajstić information content (AvgIpc) is 2.46. The summed E-state index contributed by atoms with van der Waals surface area (Å²) in [7, 11) is -3.64. The Morgan fingerprint density at radius 3 is 2.30 bits per heavy atom. The molecule has 2 rings (SSSR count). The van der Waals surface area contributed by atoms with Crippen molar-refractivity contribution in [3.8, 4) is 5.75 Å². The fraction of sp³-hybridized carbons (Fsp3) is 0.200. The highest BCUT2D eigenvalue weighted by Gasteiger charge is 2.19. The Hall–Kier alpha value is -1.85. The largest absolute Gasteiger partial charge is 0.508 e. The van der Waals surface area contributed by atoms with E-state index in [0.29, 0.717) is 0 Å². The molecule has 0 saturated carbocycles. The van der Waals surface area contributed by atoms with Gasteiger partial charge in [-0.1, -0.05) is 25.1 Å². The molecular formula is C15H17NO3S. The zero-order valence-electron chi connectivity index (χ0n) is 11.2. The van der Waals surface area contributed by atoms with Crippen molar-refractivity contribution in [3.63, 3.8) is 0 Å². The molecule has 0 heterocycles. The van der Waals surface area contributed by atoms with Crippen LogP contribution in [0.1, 0.15) is 24.9 Å². The predicted molar refractivity (Wildman–Crippen MR) is 77.2 cm³/mol. The number of rotatable bonds is 4. The van der Waals surface area contributed by atoms with Crippen molar-refractivity contribution in [3.05, 3.63) is 54.1 Å². The highest BCUT2D eigenvalue weighted by molar-refractivity contribution is 7.91. The first-order chi connectivity index (χ1) is 9.45. The third-order valence-corrected chi connectivity index (χ3v) is 4.91. The minimum atomic E-state index is -3.64. The zero-order chi connectivity index (χ0) is 14.8. The van der Waals surface area contributed by atoms with Crippen LogP contribution in [0.5, 0.6) is 5.75 Å². The summed E-state index contributed by atoms with van der Waals surface area (Å²) in [6, 6.07) is 12.1. The van der Waals surface area contributed by atoms with E-state index in [-0.39, 0.29) is 21.6 Å². The Morgan fingerprint density at radius 2 is 1.70 bits per heavy atom. The van der Waals surface area contributed by atoms with Crippen LogP contribution < -0.4 is 5.73 Å². The van der Waals surface area contributed by atoms with Crippen molar-refractivity contribution in [1.29, 1.82) is 0 Å². The molecular weight excluding hydrogens is 274 g/mol. The molecule has 0 aliphatic heterocycles. The van der Waals surface area contributed by atoms with Crippen LogP contribution in [0.2, 0.25) is 0 Å². The van der Waals surface area contributed by atoms with Gasteiger partial charge in [0.1, 0.15) is 5.75 Å². The van der Waals surface area contributed by atoms with Gasteiger partial charge in [-0.3, -0.25) is 0 Å². The van der Waals surface area contributed by atoms with E-state index in [1.807, 2.05) is 13.0 Å². The number of sulfone groups is 1. The Balaban J connectivity index is 2.50. The van der Waals surface area contributed by atoms with Crippen LogP contribution in [0, 0.1) is 0 Å². The highest BCUT2D eigenvalue weighted by atomic mass is 32.2.